The van der Waals surface area contributed by atoms with Crippen LogP contribution in [0.4, 0.5) is 23.7 Å². The van der Waals surface area contributed by atoms with Crippen molar-refractivity contribution in [1.82, 2.24) is 4.90 Å². The molecule has 2 amide bonds. The van der Waals surface area contributed by atoms with Crippen LogP contribution in [0.2, 0.25) is 0 Å². The van der Waals surface area contributed by atoms with Gasteiger partial charge in [0.05, 0.1) is 5.56 Å². The van der Waals surface area contributed by atoms with Crippen molar-refractivity contribution in [1.29, 1.82) is 0 Å². The normalized spacial score (nSPS) is 11.2. The molecule has 0 aliphatic heterocycles. The van der Waals surface area contributed by atoms with Crippen LogP contribution in [0.15, 0.2) is 53.4 Å². The Hall–Kier alpha value is -2.15. The summed E-state index contributed by atoms with van der Waals surface area (Å²) in [6, 6.07) is 11.9. The van der Waals surface area contributed by atoms with Crippen LogP contribution in [0.25, 0.3) is 0 Å². The van der Waals surface area contributed by atoms with Gasteiger partial charge in [-0.25, -0.2) is 4.79 Å². The largest absolute Gasteiger partial charge is 0.416 e. The van der Waals surface area contributed by atoms with Crippen LogP contribution in [0.5, 0.6) is 0 Å². The summed E-state index contributed by atoms with van der Waals surface area (Å²) in [6.45, 7) is 0.0820. The molecular formula is C17H17F3N2OS. The Morgan fingerprint density at radius 2 is 1.83 bits per heavy atom. The van der Waals surface area contributed by atoms with Gasteiger partial charge in [-0.3, -0.25) is 0 Å². The van der Waals surface area contributed by atoms with Crippen LogP contribution in [-0.2, 0) is 12.7 Å². The van der Waals surface area contributed by atoms with Crippen molar-refractivity contribution >= 4 is 23.5 Å². The summed E-state index contributed by atoms with van der Waals surface area (Å²) in [7, 11) is 1.53. The van der Waals surface area contributed by atoms with Crippen LogP contribution in [0, 0.1) is 0 Å². The average Bonchev–Trinajstić information content (AvgIpc) is 2.55. The molecule has 3 nitrogen and oxygen atoms in total. The Morgan fingerprint density at radius 3 is 2.42 bits per heavy atom. The second kappa shape index (κ2) is 7.61. The van der Waals surface area contributed by atoms with Crippen molar-refractivity contribution in [2.24, 2.45) is 0 Å². The number of thioether (sulfide) groups is 1. The smallest absolute Gasteiger partial charge is 0.323 e. The lowest BCUT2D eigenvalue weighted by molar-refractivity contribution is -0.137. The van der Waals surface area contributed by atoms with E-state index in [4.69, 9.17) is 0 Å². The molecule has 0 unspecified atom stereocenters. The number of halogens is 3. The zero-order valence-corrected chi connectivity index (χ0v) is 14.0. The molecule has 0 atom stereocenters. The van der Waals surface area contributed by atoms with Gasteiger partial charge >= 0.3 is 12.2 Å². The molecule has 0 aromatic heterocycles. The van der Waals surface area contributed by atoms with Gasteiger partial charge in [-0.15, -0.1) is 11.8 Å². The molecule has 0 aliphatic carbocycles. The van der Waals surface area contributed by atoms with Crippen LogP contribution in [-0.4, -0.2) is 24.2 Å². The van der Waals surface area contributed by atoms with E-state index in [1.165, 1.54) is 18.0 Å². The molecule has 0 bridgehead atoms. The Kier molecular flexibility index (Phi) is 5.77. The molecule has 0 saturated carbocycles. The average molecular weight is 354 g/mol. The fourth-order valence-electron chi connectivity index (χ4n) is 2.08. The maximum absolute atomic E-state index is 12.7. The summed E-state index contributed by atoms with van der Waals surface area (Å²) < 4.78 is 38.2. The van der Waals surface area contributed by atoms with E-state index >= 15 is 0 Å². The molecular weight excluding hydrogens is 337 g/mol. The van der Waals surface area contributed by atoms with Gasteiger partial charge in [-0.1, -0.05) is 12.1 Å². The van der Waals surface area contributed by atoms with Gasteiger partial charge in [0.15, 0.2) is 0 Å². The molecule has 0 saturated heterocycles. The number of amides is 2. The molecule has 2 aromatic carbocycles. The minimum Gasteiger partial charge on any atom is -0.323 e. The monoisotopic (exact) mass is 354 g/mol. The predicted octanol–water partition coefficient (Wildman–Crippen LogP) is 5.09. The van der Waals surface area contributed by atoms with E-state index in [0.717, 1.165) is 17.0 Å². The Balaban J connectivity index is 2.00. The Bertz CT molecular complexity index is 702. The lowest BCUT2D eigenvalue weighted by Crippen LogP contribution is -2.30. The van der Waals surface area contributed by atoms with Crippen molar-refractivity contribution < 1.29 is 18.0 Å². The van der Waals surface area contributed by atoms with E-state index in [9.17, 15) is 18.0 Å². The third-order valence-electron chi connectivity index (χ3n) is 3.36. The lowest BCUT2D eigenvalue weighted by atomic mass is 10.1. The molecule has 0 heterocycles. The maximum Gasteiger partial charge on any atom is 0.416 e. The number of rotatable bonds is 4. The number of carbonyl (C=O) groups excluding carboxylic acids is 1. The molecule has 2 aromatic rings. The molecule has 7 heteroatoms. The SMILES string of the molecule is CSc1ccc(NC(=O)N(C)Cc2cccc(C(F)(F)F)c2)cc1. The van der Waals surface area contributed by atoms with Crippen molar-refractivity contribution in [2.75, 3.05) is 18.6 Å². The van der Waals surface area contributed by atoms with Gasteiger partial charge in [0, 0.05) is 24.2 Å². The summed E-state index contributed by atoms with van der Waals surface area (Å²) in [5, 5.41) is 2.71. The standard InChI is InChI=1S/C17H17F3N2OS/c1-22(11-12-4-3-5-13(10-12)17(18,19)20)16(23)21-14-6-8-15(24-2)9-7-14/h3-10H,11H2,1-2H3,(H,21,23). The minimum absolute atomic E-state index is 0.0820. The first kappa shape index (κ1) is 18.2. The van der Waals surface area contributed by atoms with Crippen LogP contribution in [0.3, 0.4) is 0 Å². The number of nitrogens with zero attached hydrogens (tertiary/aromatic N) is 1. The van der Waals surface area contributed by atoms with Crippen molar-refractivity contribution in [2.45, 2.75) is 17.6 Å². The highest BCUT2D eigenvalue weighted by molar-refractivity contribution is 7.98. The predicted molar refractivity (Wildman–Crippen MR) is 90.2 cm³/mol. The number of nitrogens with one attached hydrogen (secondary N) is 1. The van der Waals surface area contributed by atoms with Gasteiger partial charge in [-0.2, -0.15) is 13.2 Å². The number of anilines is 1. The first-order chi connectivity index (χ1) is 11.3. The van der Waals surface area contributed by atoms with Crippen molar-refractivity contribution in [3.63, 3.8) is 0 Å². The van der Waals surface area contributed by atoms with Gasteiger partial charge < -0.3 is 10.2 Å². The third kappa shape index (κ3) is 4.92. The first-order valence-electron chi connectivity index (χ1n) is 7.12. The molecule has 2 rings (SSSR count). The Labute approximate surface area is 142 Å². The van der Waals surface area contributed by atoms with E-state index in [1.807, 2.05) is 18.4 Å². The van der Waals surface area contributed by atoms with Crippen LogP contribution < -0.4 is 5.32 Å². The van der Waals surface area contributed by atoms with E-state index in [0.29, 0.717) is 11.3 Å². The second-order valence-corrected chi connectivity index (χ2v) is 6.09. The van der Waals surface area contributed by atoms with Crippen molar-refractivity contribution in [3.05, 3.63) is 59.7 Å². The summed E-state index contributed by atoms with van der Waals surface area (Å²) in [6.07, 6.45) is -2.44. The number of urea groups is 1. The summed E-state index contributed by atoms with van der Waals surface area (Å²) in [4.78, 5) is 14.5. The summed E-state index contributed by atoms with van der Waals surface area (Å²) in [5.74, 6) is 0. The molecule has 1 N–H and O–H groups in total. The Morgan fingerprint density at radius 1 is 1.17 bits per heavy atom. The minimum atomic E-state index is -4.39. The lowest BCUT2D eigenvalue weighted by Gasteiger charge is -2.19. The zero-order chi connectivity index (χ0) is 17.7. The fraction of sp³-hybridized carbons (Fsp3) is 0.235. The highest BCUT2D eigenvalue weighted by Gasteiger charge is 2.30. The molecule has 24 heavy (non-hydrogen) atoms. The topological polar surface area (TPSA) is 32.3 Å². The quantitative estimate of drug-likeness (QED) is 0.776. The van der Waals surface area contributed by atoms with E-state index in [-0.39, 0.29) is 12.6 Å². The highest BCUT2D eigenvalue weighted by atomic mass is 32.2. The highest BCUT2D eigenvalue weighted by Crippen LogP contribution is 2.29. The van der Waals surface area contributed by atoms with Gasteiger partial charge in [-0.05, 0) is 48.2 Å². The van der Waals surface area contributed by atoms with E-state index < -0.39 is 11.7 Å². The number of carbonyl (C=O) groups is 1. The van der Waals surface area contributed by atoms with Crippen LogP contribution >= 0.6 is 11.8 Å². The summed E-state index contributed by atoms with van der Waals surface area (Å²) >= 11 is 1.59. The summed E-state index contributed by atoms with van der Waals surface area (Å²) in [5.41, 5.74) is 0.329. The maximum atomic E-state index is 12.7. The molecule has 0 aliphatic rings. The number of benzene rings is 2. The van der Waals surface area contributed by atoms with Gasteiger partial charge in [0.1, 0.15) is 0 Å². The molecule has 0 radical (unpaired) electrons. The fourth-order valence-corrected chi connectivity index (χ4v) is 2.49. The third-order valence-corrected chi connectivity index (χ3v) is 4.11. The number of alkyl halides is 3. The molecule has 0 spiro atoms. The zero-order valence-electron chi connectivity index (χ0n) is 13.2. The van der Waals surface area contributed by atoms with Gasteiger partial charge in [0.2, 0.25) is 0 Å². The molecule has 128 valence electrons. The first-order valence-corrected chi connectivity index (χ1v) is 8.34. The van der Waals surface area contributed by atoms with Crippen LogP contribution in [0.1, 0.15) is 11.1 Å². The number of hydrogen-bond acceptors (Lipinski definition) is 2. The molecule has 0 fully saturated rings. The van der Waals surface area contributed by atoms with E-state index in [2.05, 4.69) is 5.32 Å². The van der Waals surface area contributed by atoms with Gasteiger partial charge in [0.25, 0.3) is 0 Å². The second-order valence-electron chi connectivity index (χ2n) is 5.21. The number of hydrogen-bond donors (Lipinski definition) is 1. The van der Waals surface area contributed by atoms with E-state index in [1.54, 1.807) is 30.0 Å². The van der Waals surface area contributed by atoms with Crippen molar-refractivity contribution in [3.8, 4) is 0 Å².